The molecule has 1 aromatic carbocycles. The largest absolute Gasteiger partial charge is 0.340 e. The lowest BCUT2D eigenvalue weighted by atomic mass is 9.99. The van der Waals surface area contributed by atoms with Gasteiger partial charge in [0.25, 0.3) is 0 Å². The summed E-state index contributed by atoms with van der Waals surface area (Å²) < 4.78 is 0. The molecule has 1 amide bonds. The predicted octanol–water partition coefficient (Wildman–Crippen LogP) is 3.83. The highest BCUT2D eigenvalue weighted by Gasteiger charge is 2.52. The Balaban J connectivity index is 2.05. The first-order valence-electron chi connectivity index (χ1n) is 7.32. The molecule has 2 atom stereocenters. The average molecular weight is 259 g/mol. The van der Waals surface area contributed by atoms with E-state index in [1.165, 1.54) is 12.0 Å². The first-order chi connectivity index (χ1) is 8.98. The zero-order valence-corrected chi connectivity index (χ0v) is 12.5. The summed E-state index contributed by atoms with van der Waals surface area (Å²) in [6.45, 7) is 9.36. The van der Waals surface area contributed by atoms with Crippen molar-refractivity contribution < 1.29 is 4.79 Å². The standard InChI is InChI=1S/C17H25NO/c1-5-16(19)18(13(2)3)12-17(4)11-15(17)14-9-7-6-8-10-14/h6-10,13,15H,5,11-12H2,1-4H3. The summed E-state index contributed by atoms with van der Waals surface area (Å²) in [5.74, 6) is 0.884. The van der Waals surface area contributed by atoms with Crippen molar-refractivity contribution in [2.75, 3.05) is 6.54 Å². The Bertz CT molecular complexity index is 440. The lowest BCUT2D eigenvalue weighted by Gasteiger charge is -2.30. The van der Waals surface area contributed by atoms with Crippen molar-refractivity contribution in [2.45, 2.75) is 52.5 Å². The van der Waals surface area contributed by atoms with Crippen molar-refractivity contribution in [1.29, 1.82) is 0 Å². The fourth-order valence-electron chi connectivity index (χ4n) is 2.94. The van der Waals surface area contributed by atoms with Gasteiger partial charge in [0.2, 0.25) is 5.91 Å². The number of benzene rings is 1. The maximum atomic E-state index is 12.0. The van der Waals surface area contributed by atoms with Gasteiger partial charge in [-0.2, -0.15) is 0 Å². The molecule has 2 nitrogen and oxygen atoms in total. The Morgan fingerprint density at radius 2 is 2.00 bits per heavy atom. The van der Waals surface area contributed by atoms with E-state index in [0.717, 1.165) is 6.54 Å². The third-order valence-corrected chi connectivity index (χ3v) is 4.33. The molecule has 0 spiro atoms. The van der Waals surface area contributed by atoms with Crippen LogP contribution in [0.5, 0.6) is 0 Å². The van der Waals surface area contributed by atoms with Gasteiger partial charge in [-0.1, -0.05) is 44.2 Å². The summed E-state index contributed by atoms with van der Waals surface area (Å²) in [6.07, 6.45) is 1.79. The fraction of sp³-hybridized carbons (Fsp3) is 0.588. The number of amides is 1. The van der Waals surface area contributed by atoms with Crippen LogP contribution in [0.1, 0.15) is 52.0 Å². The maximum Gasteiger partial charge on any atom is 0.222 e. The van der Waals surface area contributed by atoms with Crippen LogP contribution in [0.4, 0.5) is 0 Å². The third kappa shape index (κ3) is 2.99. The minimum atomic E-state index is 0.260. The van der Waals surface area contributed by atoms with Gasteiger partial charge in [0, 0.05) is 19.0 Å². The van der Waals surface area contributed by atoms with Crippen molar-refractivity contribution in [3.8, 4) is 0 Å². The summed E-state index contributed by atoms with van der Waals surface area (Å²) >= 11 is 0. The highest BCUT2D eigenvalue weighted by molar-refractivity contribution is 5.76. The molecule has 1 aliphatic rings. The molecule has 1 aromatic rings. The normalized spacial score (nSPS) is 25.4. The van der Waals surface area contributed by atoms with Crippen LogP contribution >= 0.6 is 0 Å². The van der Waals surface area contributed by atoms with Crippen LogP contribution in [-0.4, -0.2) is 23.4 Å². The van der Waals surface area contributed by atoms with Gasteiger partial charge < -0.3 is 4.90 Å². The van der Waals surface area contributed by atoms with Gasteiger partial charge >= 0.3 is 0 Å². The van der Waals surface area contributed by atoms with Crippen molar-refractivity contribution in [3.63, 3.8) is 0 Å². The van der Waals surface area contributed by atoms with Crippen molar-refractivity contribution >= 4 is 5.91 Å². The molecule has 0 aromatic heterocycles. The number of hydrogen-bond acceptors (Lipinski definition) is 1. The first-order valence-corrected chi connectivity index (χ1v) is 7.32. The molecule has 1 aliphatic carbocycles. The van der Waals surface area contributed by atoms with Crippen LogP contribution in [0.15, 0.2) is 30.3 Å². The summed E-state index contributed by atoms with van der Waals surface area (Å²) in [5.41, 5.74) is 1.67. The van der Waals surface area contributed by atoms with Crippen LogP contribution in [0.2, 0.25) is 0 Å². The number of rotatable bonds is 5. The van der Waals surface area contributed by atoms with E-state index in [2.05, 4.69) is 51.1 Å². The van der Waals surface area contributed by atoms with Crippen molar-refractivity contribution in [3.05, 3.63) is 35.9 Å². The summed E-state index contributed by atoms with van der Waals surface area (Å²) in [7, 11) is 0. The highest BCUT2D eigenvalue weighted by Crippen LogP contribution is 2.59. The molecular weight excluding hydrogens is 234 g/mol. The molecule has 0 saturated heterocycles. The second-order valence-electron chi connectivity index (χ2n) is 6.29. The van der Waals surface area contributed by atoms with Crippen LogP contribution in [-0.2, 0) is 4.79 Å². The van der Waals surface area contributed by atoms with E-state index in [1.54, 1.807) is 0 Å². The fourth-order valence-corrected chi connectivity index (χ4v) is 2.94. The molecule has 2 rings (SSSR count). The Morgan fingerprint density at radius 3 is 2.53 bits per heavy atom. The van der Waals surface area contributed by atoms with E-state index in [-0.39, 0.29) is 11.3 Å². The van der Waals surface area contributed by atoms with Crippen LogP contribution in [0.25, 0.3) is 0 Å². The van der Waals surface area contributed by atoms with E-state index >= 15 is 0 Å². The monoisotopic (exact) mass is 259 g/mol. The number of carbonyl (C=O) groups excluding carboxylic acids is 1. The zero-order chi connectivity index (χ0) is 14.0. The second-order valence-corrected chi connectivity index (χ2v) is 6.29. The Morgan fingerprint density at radius 1 is 1.37 bits per heavy atom. The minimum absolute atomic E-state index is 0.260. The van der Waals surface area contributed by atoms with Crippen LogP contribution in [0.3, 0.4) is 0 Å². The first kappa shape index (κ1) is 14.1. The quantitative estimate of drug-likeness (QED) is 0.787. The number of hydrogen-bond donors (Lipinski definition) is 0. The molecule has 0 heterocycles. The molecule has 1 saturated carbocycles. The van der Waals surface area contributed by atoms with Crippen molar-refractivity contribution in [2.24, 2.45) is 5.41 Å². The molecule has 0 N–H and O–H groups in total. The lowest BCUT2D eigenvalue weighted by Crippen LogP contribution is -2.40. The molecule has 0 aliphatic heterocycles. The summed E-state index contributed by atoms with van der Waals surface area (Å²) in [5, 5.41) is 0. The smallest absolute Gasteiger partial charge is 0.222 e. The molecule has 0 radical (unpaired) electrons. The van der Waals surface area contributed by atoms with Gasteiger partial charge in [-0.05, 0) is 37.2 Å². The summed E-state index contributed by atoms with van der Waals surface area (Å²) in [6, 6.07) is 11.0. The highest BCUT2D eigenvalue weighted by atomic mass is 16.2. The van der Waals surface area contributed by atoms with E-state index in [4.69, 9.17) is 0 Å². The van der Waals surface area contributed by atoms with Gasteiger partial charge in [0.15, 0.2) is 0 Å². The van der Waals surface area contributed by atoms with Gasteiger partial charge in [0.1, 0.15) is 0 Å². The molecule has 0 bridgehead atoms. The van der Waals surface area contributed by atoms with Crippen molar-refractivity contribution in [1.82, 2.24) is 4.90 Å². The number of nitrogens with zero attached hydrogens (tertiary/aromatic N) is 1. The molecule has 1 fully saturated rings. The molecule has 19 heavy (non-hydrogen) atoms. The second kappa shape index (κ2) is 5.36. The van der Waals surface area contributed by atoms with Gasteiger partial charge in [-0.25, -0.2) is 0 Å². The van der Waals surface area contributed by atoms with E-state index in [9.17, 15) is 4.79 Å². The van der Waals surface area contributed by atoms with E-state index in [0.29, 0.717) is 18.4 Å². The van der Waals surface area contributed by atoms with Gasteiger partial charge in [-0.15, -0.1) is 0 Å². The number of carbonyl (C=O) groups is 1. The van der Waals surface area contributed by atoms with E-state index in [1.807, 2.05) is 11.8 Å². The van der Waals surface area contributed by atoms with Crippen LogP contribution < -0.4 is 0 Å². The third-order valence-electron chi connectivity index (χ3n) is 4.33. The van der Waals surface area contributed by atoms with Gasteiger partial charge in [-0.3, -0.25) is 4.79 Å². The lowest BCUT2D eigenvalue weighted by molar-refractivity contribution is -0.133. The topological polar surface area (TPSA) is 20.3 Å². The molecular formula is C17H25NO. The van der Waals surface area contributed by atoms with E-state index < -0.39 is 0 Å². The molecule has 2 unspecified atom stereocenters. The predicted molar refractivity (Wildman–Crippen MR) is 79.0 cm³/mol. The molecule has 2 heteroatoms. The Hall–Kier alpha value is -1.31. The minimum Gasteiger partial charge on any atom is -0.340 e. The van der Waals surface area contributed by atoms with Crippen LogP contribution in [0, 0.1) is 5.41 Å². The average Bonchev–Trinajstić information content (AvgIpc) is 3.08. The SMILES string of the molecule is CCC(=O)N(CC1(C)CC1c1ccccc1)C(C)C. The Kier molecular flexibility index (Phi) is 3.98. The molecule has 104 valence electrons. The van der Waals surface area contributed by atoms with Gasteiger partial charge in [0.05, 0.1) is 0 Å². The zero-order valence-electron chi connectivity index (χ0n) is 12.5. The summed E-state index contributed by atoms with van der Waals surface area (Å²) in [4.78, 5) is 14.1. The Labute approximate surface area is 116 Å². The maximum absolute atomic E-state index is 12.0.